The first-order valence-corrected chi connectivity index (χ1v) is 10.9. The van der Waals surface area contributed by atoms with E-state index >= 15 is 0 Å². The molecule has 0 bridgehead atoms. The van der Waals surface area contributed by atoms with Crippen molar-refractivity contribution >= 4 is 29.9 Å². The van der Waals surface area contributed by atoms with E-state index in [1.165, 1.54) is 23.1 Å². The van der Waals surface area contributed by atoms with Crippen LogP contribution in [0.4, 0.5) is 4.79 Å². The van der Waals surface area contributed by atoms with Gasteiger partial charge in [-0.3, -0.25) is 19.8 Å². The van der Waals surface area contributed by atoms with Gasteiger partial charge in [0.15, 0.2) is 0 Å². The van der Waals surface area contributed by atoms with Gasteiger partial charge in [-0.05, 0) is 42.7 Å². The van der Waals surface area contributed by atoms with Crippen molar-refractivity contribution in [3.05, 3.63) is 70.8 Å². The minimum Gasteiger partial charge on any atom is -0.488 e. The smallest absolute Gasteiger partial charge is 0.335 e. The summed E-state index contributed by atoms with van der Waals surface area (Å²) in [5, 5.41) is 11.4. The predicted octanol–water partition coefficient (Wildman–Crippen LogP) is 3.76. The summed E-state index contributed by atoms with van der Waals surface area (Å²) in [4.78, 5) is 50.4. The van der Waals surface area contributed by atoms with E-state index < -0.39 is 23.8 Å². The zero-order valence-electron chi connectivity index (χ0n) is 18.0. The lowest BCUT2D eigenvalue weighted by Gasteiger charge is -2.35. The van der Waals surface area contributed by atoms with Crippen molar-refractivity contribution in [2.75, 3.05) is 0 Å². The van der Waals surface area contributed by atoms with Crippen molar-refractivity contribution < 1.29 is 29.0 Å². The number of hydrogen-bond acceptors (Lipinski definition) is 5. The minimum atomic E-state index is -1.03. The normalized spacial score (nSPS) is 18.4. The number of carboxylic acid groups (broad SMARTS) is 1. The zero-order valence-corrected chi connectivity index (χ0v) is 18.0. The number of nitrogens with one attached hydrogen (secondary N) is 1. The Kier molecular flexibility index (Phi) is 6.53. The monoisotopic (exact) mass is 448 g/mol. The van der Waals surface area contributed by atoms with Crippen molar-refractivity contribution in [3.63, 3.8) is 0 Å². The van der Waals surface area contributed by atoms with Crippen molar-refractivity contribution in [3.8, 4) is 5.75 Å². The second kappa shape index (κ2) is 9.68. The van der Waals surface area contributed by atoms with Crippen molar-refractivity contribution in [2.24, 2.45) is 0 Å². The summed E-state index contributed by atoms with van der Waals surface area (Å²) >= 11 is 0. The Balaban J connectivity index is 1.57. The number of imide groups is 2. The van der Waals surface area contributed by atoms with Crippen LogP contribution in [-0.4, -0.2) is 39.9 Å². The number of benzene rings is 2. The standard InChI is InChI=1S/C25H24N2O6/c28-22-20(23(29)27(25(32)26-22)19-10-2-1-3-11-19)14-17-8-4-5-12-21(17)33-15-16-7-6-9-18(13-16)24(30)31/h4-9,12-14,19H,1-3,10-11,15H2,(H,30,31)(H,26,28,32). The van der Waals surface area contributed by atoms with E-state index in [0.29, 0.717) is 16.9 Å². The molecule has 1 aliphatic carbocycles. The van der Waals surface area contributed by atoms with Gasteiger partial charge in [-0.2, -0.15) is 0 Å². The molecule has 4 amide bonds. The highest BCUT2D eigenvalue weighted by atomic mass is 16.5. The van der Waals surface area contributed by atoms with Gasteiger partial charge in [-0.1, -0.05) is 49.6 Å². The number of carboxylic acids is 1. The molecular formula is C25H24N2O6. The molecule has 1 heterocycles. The van der Waals surface area contributed by atoms with Crippen LogP contribution < -0.4 is 10.1 Å². The molecular weight excluding hydrogens is 424 g/mol. The van der Waals surface area contributed by atoms with Gasteiger partial charge in [0.05, 0.1) is 5.56 Å². The number of nitrogens with zero attached hydrogens (tertiary/aromatic N) is 1. The molecule has 4 rings (SSSR count). The van der Waals surface area contributed by atoms with Crippen LogP contribution in [0, 0.1) is 0 Å². The van der Waals surface area contributed by atoms with Crippen LogP contribution in [0.25, 0.3) is 6.08 Å². The Labute approximate surface area is 190 Å². The van der Waals surface area contributed by atoms with Gasteiger partial charge < -0.3 is 9.84 Å². The molecule has 1 saturated heterocycles. The third-order valence-corrected chi connectivity index (χ3v) is 5.86. The molecule has 33 heavy (non-hydrogen) atoms. The van der Waals surface area contributed by atoms with Gasteiger partial charge >= 0.3 is 12.0 Å². The molecule has 2 N–H and O–H groups in total. The number of urea groups is 1. The van der Waals surface area contributed by atoms with Crippen LogP contribution in [0.2, 0.25) is 0 Å². The third kappa shape index (κ3) is 4.95. The second-order valence-corrected chi connectivity index (χ2v) is 8.12. The molecule has 2 aromatic rings. The van der Waals surface area contributed by atoms with Gasteiger partial charge in [-0.25, -0.2) is 9.59 Å². The first kappa shape index (κ1) is 22.3. The first-order chi connectivity index (χ1) is 15.9. The lowest BCUT2D eigenvalue weighted by molar-refractivity contribution is -0.132. The molecule has 2 aromatic carbocycles. The number of ether oxygens (including phenoxy) is 1. The molecule has 8 heteroatoms. The van der Waals surface area contributed by atoms with E-state index in [9.17, 15) is 19.2 Å². The van der Waals surface area contributed by atoms with E-state index in [0.717, 1.165) is 32.1 Å². The van der Waals surface area contributed by atoms with Gasteiger partial charge in [-0.15, -0.1) is 0 Å². The summed E-state index contributed by atoms with van der Waals surface area (Å²) in [7, 11) is 0. The Morgan fingerprint density at radius 1 is 1.06 bits per heavy atom. The summed E-state index contributed by atoms with van der Waals surface area (Å²) in [6, 6.07) is 12.4. The molecule has 2 aliphatic rings. The van der Waals surface area contributed by atoms with Crippen LogP contribution in [0.5, 0.6) is 5.75 Å². The predicted molar refractivity (Wildman–Crippen MR) is 119 cm³/mol. The van der Waals surface area contributed by atoms with Gasteiger partial charge in [0, 0.05) is 11.6 Å². The van der Waals surface area contributed by atoms with Crippen LogP contribution >= 0.6 is 0 Å². The molecule has 0 radical (unpaired) electrons. The minimum absolute atomic E-state index is 0.105. The molecule has 1 saturated carbocycles. The number of hydrogen-bond donors (Lipinski definition) is 2. The molecule has 8 nitrogen and oxygen atoms in total. The van der Waals surface area contributed by atoms with Gasteiger partial charge in [0.2, 0.25) is 0 Å². The van der Waals surface area contributed by atoms with Crippen molar-refractivity contribution in [2.45, 2.75) is 44.8 Å². The summed E-state index contributed by atoms with van der Waals surface area (Å²) in [5.41, 5.74) is 1.20. The molecule has 1 aliphatic heterocycles. The van der Waals surface area contributed by atoms with E-state index in [1.54, 1.807) is 36.4 Å². The SMILES string of the molecule is O=C1NC(=O)N(C2CCCCC2)C(=O)C1=Cc1ccccc1OCc1cccc(C(=O)O)c1. The number of carbonyl (C=O) groups excluding carboxylic acids is 3. The van der Waals surface area contributed by atoms with Crippen LogP contribution in [-0.2, 0) is 16.2 Å². The van der Waals surface area contributed by atoms with Gasteiger partial charge in [0.25, 0.3) is 11.8 Å². The lowest BCUT2D eigenvalue weighted by Crippen LogP contribution is -2.58. The lowest BCUT2D eigenvalue weighted by atomic mass is 9.93. The van der Waals surface area contributed by atoms with Crippen LogP contribution in [0.3, 0.4) is 0 Å². The molecule has 0 spiro atoms. The zero-order chi connectivity index (χ0) is 23.4. The van der Waals surface area contributed by atoms with Crippen molar-refractivity contribution in [1.82, 2.24) is 10.2 Å². The Hall–Kier alpha value is -3.94. The van der Waals surface area contributed by atoms with E-state index in [1.807, 2.05) is 0 Å². The summed E-state index contributed by atoms with van der Waals surface area (Å²) in [6.45, 7) is 0.105. The molecule has 0 aromatic heterocycles. The van der Waals surface area contributed by atoms with Crippen LogP contribution in [0.1, 0.15) is 53.6 Å². The number of rotatable bonds is 6. The summed E-state index contributed by atoms with van der Waals surface area (Å²) in [6.07, 6.45) is 5.85. The fraction of sp³-hybridized carbons (Fsp3) is 0.280. The highest BCUT2D eigenvalue weighted by Crippen LogP contribution is 2.28. The maximum Gasteiger partial charge on any atom is 0.335 e. The molecule has 2 fully saturated rings. The maximum atomic E-state index is 13.1. The number of barbiturate groups is 1. The fourth-order valence-electron chi connectivity index (χ4n) is 4.18. The first-order valence-electron chi connectivity index (χ1n) is 10.9. The molecule has 170 valence electrons. The average molecular weight is 448 g/mol. The van der Waals surface area contributed by atoms with E-state index in [-0.39, 0.29) is 23.8 Å². The van der Waals surface area contributed by atoms with Crippen molar-refractivity contribution in [1.29, 1.82) is 0 Å². The number of para-hydroxylation sites is 1. The Morgan fingerprint density at radius 3 is 2.58 bits per heavy atom. The van der Waals surface area contributed by atoms with E-state index in [4.69, 9.17) is 9.84 Å². The Morgan fingerprint density at radius 2 is 1.82 bits per heavy atom. The third-order valence-electron chi connectivity index (χ3n) is 5.86. The van der Waals surface area contributed by atoms with E-state index in [2.05, 4.69) is 5.32 Å². The quantitative estimate of drug-likeness (QED) is 0.514. The highest BCUT2D eigenvalue weighted by Gasteiger charge is 2.40. The molecule has 0 unspecified atom stereocenters. The second-order valence-electron chi connectivity index (χ2n) is 8.12. The average Bonchev–Trinajstić information content (AvgIpc) is 2.82. The summed E-state index contributed by atoms with van der Waals surface area (Å²) < 4.78 is 5.87. The highest BCUT2D eigenvalue weighted by molar-refractivity contribution is 6.31. The van der Waals surface area contributed by atoms with Gasteiger partial charge in [0.1, 0.15) is 17.9 Å². The fourth-order valence-corrected chi connectivity index (χ4v) is 4.18. The number of amides is 4. The van der Waals surface area contributed by atoms with Crippen LogP contribution in [0.15, 0.2) is 54.1 Å². The number of aromatic carboxylic acids is 1. The Bertz CT molecular complexity index is 1130. The topological polar surface area (TPSA) is 113 Å². The number of carbonyl (C=O) groups is 4. The maximum absolute atomic E-state index is 13.1. The summed E-state index contributed by atoms with van der Waals surface area (Å²) in [5.74, 6) is -1.94. The largest absolute Gasteiger partial charge is 0.488 e. The molecule has 0 atom stereocenters.